The number of anilines is 1. The van der Waals surface area contributed by atoms with Gasteiger partial charge in [0, 0.05) is 27.8 Å². The molecule has 39 heavy (non-hydrogen) atoms. The molecule has 4 atom stereocenters. The number of aliphatic hydroxyl groups is 1. The van der Waals surface area contributed by atoms with E-state index in [4.69, 9.17) is 14.2 Å². The normalized spacial score (nSPS) is 20.7. The smallest absolute Gasteiger partial charge is 0.325 e. The topological polar surface area (TPSA) is 106 Å². The molecule has 1 fully saturated rings. The number of benzene rings is 3. The summed E-state index contributed by atoms with van der Waals surface area (Å²) >= 11 is 1.74. The van der Waals surface area contributed by atoms with Crippen LogP contribution in [0.4, 0.5) is 10.5 Å². The Morgan fingerprint density at radius 2 is 1.74 bits per heavy atom. The molecule has 1 aliphatic heterocycles. The Balaban J connectivity index is 1.51. The van der Waals surface area contributed by atoms with Gasteiger partial charge in [0.2, 0.25) is 0 Å². The SMILES string of the molecule is CCOC(=O)CNC(=O)Nc1cccc([C@@H]2O[C@H](CSc3ccccc3)[C@H](C)[C@H](c3ccc(CO)cc3)O2)c1. The minimum Gasteiger partial charge on any atom is -0.465 e. The van der Waals surface area contributed by atoms with Crippen molar-refractivity contribution in [1.82, 2.24) is 5.32 Å². The first kappa shape index (κ1) is 28.6. The Morgan fingerprint density at radius 3 is 2.46 bits per heavy atom. The molecule has 3 N–H and O–H groups in total. The second kappa shape index (κ2) is 14.1. The second-order valence-corrected chi connectivity index (χ2v) is 10.3. The molecular weight excluding hydrogens is 516 g/mol. The lowest BCUT2D eigenvalue weighted by molar-refractivity contribution is -0.268. The van der Waals surface area contributed by atoms with Crippen LogP contribution in [0.1, 0.15) is 42.9 Å². The number of carbonyl (C=O) groups is 2. The Bertz CT molecular complexity index is 1220. The maximum atomic E-state index is 12.3. The van der Waals surface area contributed by atoms with Gasteiger partial charge in [-0.15, -0.1) is 11.8 Å². The highest BCUT2D eigenvalue weighted by Crippen LogP contribution is 2.43. The molecule has 8 nitrogen and oxygen atoms in total. The summed E-state index contributed by atoms with van der Waals surface area (Å²) < 4.78 is 17.8. The zero-order valence-corrected chi connectivity index (χ0v) is 22.9. The highest BCUT2D eigenvalue weighted by atomic mass is 32.2. The number of rotatable bonds is 10. The molecule has 0 spiro atoms. The zero-order valence-electron chi connectivity index (χ0n) is 22.0. The molecule has 0 radical (unpaired) electrons. The van der Waals surface area contributed by atoms with Crippen molar-refractivity contribution in [3.8, 4) is 0 Å². The van der Waals surface area contributed by atoms with Gasteiger partial charge in [0.15, 0.2) is 6.29 Å². The van der Waals surface area contributed by atoms with Crippen molar-refractivity contribution in [2.45, 2.75) is 43.8 Å². The van der Waals surface area contributed by atoms with E-state index >= 15 is 0 Å². The summed E-state index contributed by atoms with van der Waals surface area (Å²) in [7, 11) is 0. The van der Waals surface area contributed by atoms with E-state index in [-0.39, 0.29) is 37.9 Å². The molecular formula is C30H34N2O6S. The Labute approximate surface area is 233 Å². The maximum Gasteiger partial charge on any atom is 0.325 e. The van der Waals surface area contributed by atoms with E-state index in [0.717, 1.165) is 22.4 Å². The summed E-state index contributed by atoms with van der Waals surface area (Å²) in [5, 5.41) is 14.7. The van der Waals surface area contributed by atoms with E-state index in [2.05, 4.69) is 29.7 Å². The summed E-state index contributed by atoms with van der Waals surface area (Å²) in [6.45, 7) is 3.85. The van der Waals surface area contributed by atoms with E-state index in [1.54, 1.807) is 30.8 Å². The molecule has 206 valence electrons. The van der Waals surface area contributed by atoms with Crippen molar-refractivity contribution < 1.29 is 28.9 Å². The molecule has 2 amide bonds. The second-order valence-electron chi connectivity index (χ2n) is 9.18. The van der Waals surface area contributed by atoms with Crippen LogP contribution >= 0.6 is 11.8 Å². The van der Waals surface area contributed by atoms with E-state index in [1.807, 2.05) is 54.6 Å². The molecule has 3 aromatic rings. The van der Waals surface area contributed by atoms with Gasteiger partial charge in [-0.1, -0.05) is 61.5 Å². The number of hydrogen-bond acceptors (Lipinski definition) is 7. The number of urea groups is 1. The molecule has 9 heteroatoms. The number of thioether (sulfide) groups is 1. The fraction of sp³-hybridized carbons (Fsp3) is 0.333. The van der Waals surface area contributed by atoms with E-state index < -0.39 is 18.3 Å². The van der Waals surface area contributed by atoms with Gasteiger partial charge < -0.3 is 30.0 Å². The van der Waals surface area contributed by atoms with Crippen molar-refractivity contribution in [3.05, 3.63) is 95.6 Å². The van der Waals surface area contributed by atoms with E-state index in [1.165, 1.54) is 4.90 Å². The molecule has 0 aliphatic carbocycles. The van der Waals surface area contributed by atoms with Gasteiger partial charge in [-0.3, -0.25) is 4.79 Å². The third kappa shape index (κ3) is 8.06. The standard InChI is InChI=1S/C30H34N2O6S/c1-3-36-27(34)17-31-30(35)32-24-9-7-8-23(16-24)29-37-26(19-39-25-10-5-4-6-11-25)20(2)28(38-29)22-14-12-21(18-33)13-15-22/h4-16,20,26,28-29,33H,3,17-19H2,1-2H3,(H2,31,32,35)/t20-,26+,28+,29+/m0/s1. The number of amides is 2. The van der Waals surface area contributed by atoms with Gasteiger partial charge in [0.1, 0.15) is 6.54 Å². The molecule has 1 heterocycles. The van der Waals surface area contributed by atoms with Gasteiger partial charge in [-0.25, -0.2) is 4.79 Å². The first-order valence-electron chi connectivity index (χ1n) is 13.0. The molecule has 0 bridgehead atoms. The number of nitrogens with one attached hydrogen (secondary N) is 2. The third-order valence-corrected chi connectivity index (χ3v) is 7.50. The van der Waals surface area contributed by atoms with Crippen LogP contribution in [0.15, 0.2) is 83.8 Å². The molecule has 1 saturated heterocycles. The Kier molecular flexibility index (Phi) is 10.4. The number of carbonyl (C=O) groups excluding carboxylic acids is 2. The van der Waals surface area contributed by atoms with Crippen molar-refractivity contribution in [2.75, 3.05) is 24.2 Å². The minimum absolute atomic E-state index is 0.0173. The van der Waals surface area contributed by atoms with Crippen molar-refractivity contribution in [1.29, 1.82) is 0 Å². The fourth-order valence-corrected chi connectivity index (χ4v) is 5.40. The van der Waals surface area contributed by atoms with Gasteiger partial charge in [0.05, 0.1) is 25.4 Å². The van der Waals surface area contributed by atoms with Crippen LogP contribution < -0.4 is 10.6 Å². The van der Waals surface area contributed by atoms with Crippen molar-refractivity contribution in [3.63, 3.8) is 0 Å². The number of esters is 1. The predicted octanol–water partition coefficient (Wildman–Crippen LogP) is 5.45. The predicted molar refractivity (Wildman–Crippen MR) is 150 cm³/mol. The fourth-order valence-electron chi connectivity index (χ4n) is 4.31. The van der Waals surface area contributed by atoms with Gasteiger partial charge in [-0.05, 0) is 42.3 Å². The molecule has 4 rings (SSSR count). The third-order valence-electron chi connectivity index (χ3n) is 6.40. The van der Waals surface area contributed by atoms with Crippen LogP contribution in [0.25, 0.3) is 0 Å². The van der Waals surface area contributed by atoms with Crippen LogP contribution in [0, 0.1) is 5.92 Å². The average Bonchev–Trinajstić information content (AvgIpc) is 2.96. The summed E-state index contributed by atoms with van der Waals surface area (Å²) in [6.07, 6.45) is -1.00. The molecule has 3 aromatic carbocycles. The summed E-state index contributed by atoms with van der Waals surface area (Å²) in [5.41, 5.74) is 3.15. The van der Waals surface area contributed by atoms with E-state index in [0.29, 0.717) is 5.69 Å². The summed E-state index contributed by atoms with van der Waals surface area (Å²) in [6, 6.07) is 24.8. The first-order valence-corrected chi connectivity index (χ1v) is 13.9. The monoisotopic (exact) mass is 550 g/mol. The largest absolute Gasteiger partial charge is 0.465 e. The van der Waals surface area contributed by atoms with E-state index in [9.17, 15) is 14.7 Å². The molecule has 0 aromatic heterocycles. The lowest BCUT2D eigenvalue weighted by atomic mass is 9.91. The number of hydrogen-bond donors (Lipinski definition) is 3. The zero-order chi connectivity index (χ0) is 27.6. The van der Waals surface area contributed by atoms with Crippen LogP contribution in [0.2, 0.25) is 0 Å². The Hall–Kier alpha value is -3.37. The lowest BCUT2D eigenvalue weighted by Gasteiger charge is -2.41. The number of aliphatic hydroxyl groups excluding tert-OH is 1. The molecule has 0 unspecified atom stereocenters. The highest BCUT2D eigenvalue weighted by Gasteiger charge is 2.38. The van der Waals surface area contributed by atoms with Gasteiger partial charge in [0.25, 0.3) is 0 Å². The average molecular weight is 551 g/mol. The summed E-state index contributed by atoms with van der Waals surface area (Å²) in [4.78, 5) is 25.0. The first-order chi connectivity index (χ1) is 19.0. The maximum absolute atomic E-state index is 12.3. The van der Waals surface area contributed by atoms with Crippen LogP contribution in [0.5, 0.6) is 0 Å². The minimum atomic E-state index is -0.658. The van der Waals surface area contributed by atoms with Crippen LogP contribution in [-0.2, 0) is 25.6 Å². The van der Waals surface area contributed by atoms with Crippen molar-refractivity contribution in [2.24, 2.45) is 5.92 Å². The van der Waals surface area contributed by atoms with Crippen molar-refractivity contribution >= 4 is 29.4 Å². The number of ether oxygens (including phenoxy) is 3. The van der Waals surface area contributed by atoms with Gasteiger partial charge >= 0.3 is 12.0 Å². The lowest BCUT2D eigenvalue weighted by Crippen LogP contribution is -2.38. The molecule has 0 saturated carbocycles. The summed E-state index contributed by atoms with van der Waals surface area (Å²) in [5.74, 6) is 0.300. The van der Waals surface area contributed by atoms with Crippen LogP contribution in [-0.4, -0.2) is 42.1 Å². The molecule has 1 aliphatic rings. The quantitative estimate of drug-likeness (QED) is 0.228. The highest BCUT2D eigenvalue weighted by molar-refractivity contribution is 7.99. The van der Waals surface area contributed by atoms with Gasteiger partial charge in [-0.2, -0.15) is 0 Å². The Morgan fingerprint density at radius 1 is 0.974 bits per heavy atom. The van der Waals surface area contributed by atoms with Crippen LogP contribution in [0.3, 0.4) is 0 Å².